The molecule has 1 N–H and O–H groups in total. The zero-order chi connectivity index (χ0) is 22.2. The van der Waals surface area contributed by atoms with Crippen molar-refractivity contribution < 1.29 is 24.1 Å². The molecule has 1 aliphatic rings. The maximum atomic E-state index is 12.1. The fourth-order valence-electron chi connectivity index (χ4n) is 4.31. The Labute approximate surface area is 181 Å². The van der Waals surface area contributed by atoms with Gasteiger partial charge in [-0.3, -0.25) is 0 Å². The van der Waals surface area contributed by atoms with Gasteiger partial charge in [-0.1, -0.05) is 44.1 Å². The number of allylic oxidation sites excluding steroid dienone is 3. The lowest BCUT2D eigenvalue weighted by molar-refractivity contribution is -0.118. The summed E-state index contributed by atoms with van der Waals surface area (Å²) in [6.45, 7) is 8.78. The third-order valence-corrected chi connectivity index (χ3v) is 6.20. The first-order valence-corrected chi connectivity index (χ1v) is 10.7. The minimum Gasteiger partial charge on any atom is -0.468 e. The Hall–Kier alpha value is -1.82. The zero-order valence-corrected chi connectivity index (χ0v) is 19.4. The molecule has 3 atom stereocenters. The molecule has 0 heterocycles. The van der Waals surface area contributed by atoms with Crippen molar-refractivity contribution in [2.24, 2.45) is 11.3 Å². The molecule has 0 aromatic heterocycles. The number of hydrogen-bond acceptors (Lipinski definition) is 5. The molecular weight excluding hydrogens is 380 g/mol. The third kappa shape index (κ3) is 5.87. The molecule has 0 saturated heterocycles. The van der Waals surface area contributed by atoms with Gasteiger partial charge in [0.25, 0.3) is 0 Å². The number of aliphatic hydroxyl groups is 1. The average Bonchev–Trinajstić information content (AvgIpc) is 2.70. The molecule has 5 nitrogen and oxygen atoms in total. The highest BCUT2D eigenvalue weighted by Crippen LogP contribution is 2.51. The molecule has 0 unspecified atom stereocenters. The molecule has 0 amide bonds. The summed E-state index contributed by atoms with van der Waals surface area (Å²) in [5.74, 6) is 1.53. The lowest BCUT2D eigenvalue weighted by atomic mass is 9.57. The first-order chi connectivity index (χ1) is 14.3. The summed E-state index contributed by atoms with van der Waals surface area (Å²) >= 11 is 0. The normalized spacial score (nSPS) is 26.6. The lowest BCUT2D eigenvalue weighted by Crippen LogP contribution is -2.54. The van der Waals surface area contributed by atoms with Crippen LogP contribution in [0.25, 0.3) is 0 Å². The maximum absolute atomic E-state index is 12.1. The number of ether oxygens (including phenoxy) is 4. The summed E-state index contributed by atoms with van der Waals surface area (Å²) < 4.78 is 21.6. The van der Waals surface area contributed by atoms with Gasteiger partial charge >= 0.3 is 0 Å². The van der Waals surface area contributed by atoms with E-state index in [0.29, 0.717) is 17.9 Å². The molecule has 0 radical (unpaired) electrons. The van der Waals surface area contributed by atoms with Crippen LogP contribution in [0.15, 0.2) is 42.0 Å². The average molecular weight is 419 g/mol. The van der Waals surface area contributed by atoms with Crippen molar-refractivity contribution in [3.05, 3.63) is 47.6 Å². The van der Waals surface area contributed by atoms with Crippen LogP contribution in [0.4, 0.5) is 0 Å². The molecule has 0 aliphatic heterocycles. The van der Waals surface area contributed by atoms with Crippen LogP contribution in [-0.4, -0.2) is 38.5 Å². The van der Waals surface area contributed by atoms with Gasteiger partial charge in [0.05, 0.1) is 5.60 Å². The van der Waals surface area contributed by atoms with E-state index in [0.717, 1.165) is 24.8 Å². The smallest absolute Gasteiger partial charge is 0.188 e. The summed E-state index contributed by atoms with van der Waals surface area (Å²) in [4.78, 5) is 0. The van der Waals surface area contributed by atoms with Crippen LogP contribution >= 0.6 is 0 Å². The Balaban J connectivity index is 2.42. The van der Waals surface area contributed by atoms with E-state index in [9.17, 15) is 5.11 Å². The van der Waals surface area contributed by atoms with E-state index in [2.05, 4.69) is 45.9 Å². The summed E-state index contributed by atoms with van der Waals surface area (Å²) in [6.07, 6.45) is 9.86. The second-order valence-corrected chi connectivity index (χ2v) is 8.79. The van der Waals surface area contributed by atoms with Gasteiger partial charge in [-0.25, -0.2) is 0 Å². The molecule has 0 spiro atoms. The standard InChI is InChI=1S/C25H38O5/c1-19(2)9-7-13-24(4)14-8-10-20(3)25(24,26)16-21-15-22(29-17-27-5)11-12-23(21)30-18-28-6/h7,9,11-13,15,20,26H,8,10,14,16-18H2,1-6H3/b13-7+/t20-,24-,25+/m0/s1. The fourth-order valence-corrected chi connectivity index (χ4v) is 4.31. The van der Waals surface area contributed by atoms with Crippen molar-refractivity contribution in [3.63, 3.8) is 0 Å². The highest BCUT2D eigenvalue weighted by atomic mass is 16.7. The predicted molar refractivity (Wildman–Crippen MR) is 120 cm³/mol. The van der Waals surface area contributed by atoms with Crippen LogP contribution in [0.2, 0.25) is 0 Å². The van der Waals surface area contributed by atoms with E-state index in [1.807, 2.05) is 18.2 Å². The highest BCUT2D eigenvalue weighted by Gasteiger charge is 2.51. The lowest BCUT2D eigenvalue weighted by Gasteiger charge is -2.51. The van der Waals surface area contributed by atoms with Crippen LogP contribution in [-0.2, 0) is 15.9 Å². The number of hydrogen-bond donors (Lipinski definition) is 1. The Morgan fingerprint density at radius 2 is 1.87 bits per heavy atom. The van der Waals surface area contributed by atoms with E-state index >= 15 is 0 Å². The summed E-state index contributed by atoms with van der Waals surface area (Å²) in [5, 5.41) is 12.1. The van der Waals surface area contributed by atoms with E-state index in [4.69, 9.17) is 18.9 Å². The van der Waals surface area contributed by atoms with Crippen LogP contribution in [0, 0.1) is 11.3 Å². The van der Waals surface area contributed by atoms with E-state index in [-0.39, 0.29) is 24.9 Å². The van der Waals surface area contributed by atoms with Crippen molar-refractivity contribution >= 4 is 0 Å². The van der Waals surface area contributed by atoms with Gasteiger partial charge in [0.1, 0.15) is 11.5 Å². The maximum Gasteiger partial charge on any atom is 0.188 e. The van der Waals surface area contributed by atoms with Gasteiger partial charge in [-0.05, 0) is 50.8 Å². The molecule has 0 bridgehead atoms. The quantitative estimate of drug-likeness (QED) is 0.414. The minimum absolute atomic E-state index is 0.145. The first-order valence-electron chi connectivity index (χ1n) is 10.7. The van der Waals surface area contributed by atoms with Crippen molar-refractivity contribution in [1.82, 2.24) is 0 Å². The van der Waals surface area contributed by atoms with Gasteiger partial charge < -0.3 is 24.1 Å². The molecular formula is C25H38O5. The Morgan fingerprint density at radius 3 is 2.53 bits per heavy atom. The topological polar surface area (TPSA) is 57.2 Å². The predicted octanol–water partition coefficient (Wildman–Crippen LogP) is 5.27. The van der Waals surface area contributed by atoms with Crippen LogP contribution < -0.4 is 9.47 Å². The summed E-state index contributed by atoms with van der Waals surface area (Å²) in [5.41, 5.74) is 0.875. The molecule has 1 aromatic carbocycles. The van der Waals surface area contributed by atoms with E-state index in [1.165, 1.54) is 5.57 Å². The molecule has 5 heteroatoms. The third-order valence-electron chi connectivity index (χ3n) is 6.20. The zero-order valence-electron chi connectivity index (χ0n) is 19.4. The SMILES string of the molecule is COCOc1ccc(OCOC)c(C[C@@]2(O)[C@@H](C)CCC[C@]2(C)/C=C/C=C(C)C)c1. The fraction of sp³-hybridized carbons (Fsp3) is 0.600. The molecule has 30 heavy (non-hydrogen) atoms. The highest BCUT2D eigenvalue weighted by molar-refractivity contribution is 5.42. The number of methoxy groups -OCH3 is 2. The number of rotatable bonds is 10. The van der Waals surface area contributed by atoms with Gasteiger partial charge in [-0.15, -0.1) is 0 Å². The largest absolute Gasteiger partial charge is 0.468 e. The van der Waals surface area contributed by atoms with Crippen LogP contribution in [0.1, 0.15) is 52.5 Å². The Kier molecular flexibility index (Phi) is 8.95. The molecule has 168 valence electrons. The van der Waals surface area contributed by atoms with Gasteiger partial charge in [0, 0.05) is 31.6 Å². The summed E-state index contributed by atoms with van der Waals surface area (Å²) in [7, 11) is 3.19. The minimum atomic E-state index is -0.914. The van der Waals surface area contributed by atoms with E-state index < -0.39 is 5.60 Å². The van der Waals surface area contributed by atoms with Gasteiger partial charge in [0.15, 0.2) is 13.6 Å². The summed E-state index contributed by atoms with van der Waals surface area (Å²) in [6, 6.07) is 5.64. The second kappa shape index (κ2) is 11.0. The number of benzene rings is 1. The molecule has 1 aromatic rings. The molecule has 2 rings (SSSR count). The van der Waals surface area contributed by atoms with Crippen LogP contribution in [0.5, 0.6) is 11.5 Å². The molecule has 1 fully saturated rings. The Bertz CT molecular complexity index is 737. The van der Waals surface area contributed by atoms with Crippen molar-refractivity contribution in [2.75, 3.05) is 27.8 Å². The molecule has 1 aliphatic carbocycles. The Morgan fingerprint density at radius 1 is 1.17 bits per heavy atom. The van der Waals surface area contributed by atoms with Gasteiger partial charge in [0.2, 0.25) is 0 Å². The van der Waals surface area contributed by atoms with Crippen LogP contribution in [0.3, 0.4) is 0 Å². The van der Waals surface area contributed by atoms with Crippen molar-refractivity contribution in [1.29, 1.82) is 0 Å². The van der Waals surface area contributed by atoms with Gasteiger partial charge in [-0.2, -0.15) is 0 Å². The monoisotopic (exact) mass is 418 g/mol. The van der Waals surface area contributed by atoms with Crippen molar-refractivity contribution in [3.8, 4) is 11.5 Å². The van der Waals surface area contributed by atoms with E-state index in [1.54, 1.807) is 14.2 Å². The first kappa shape index (κ1) is 24.4. The van der Waals surface area contributed by atoms with Crippen molar-refractivity contribution in [2.45, 2.75) is 59.0 Å². The molecule has 1 saturated carbocycles. The second-order valence-electron chi connectivity index (χ2n) is 8.79.